The molecule has 0 saturated carbocycles. The van der Waals surface area contributed by atoms with Gasteiger partial charge < -0.3 is 10.6 Å². The van der Waals surface area contributed by atoms with Gasteiger partial charge in [0.05, 0.1) is 20.9 Å². The molecule has 0 atom stereocenters. The summed E-state index contributed by atoms with van der Waals surface area (Å²) in [6, 6.07) is 10.2. The molecular weight excluding hydrogens is 297 g/mol. The normalized spacial score (nSPS) is 10.9. The number of nitrogen functional groups attached to an aromatic ring is 1. The highest BCUT2D eigenvalue weighted by Gasteiger charge is 2.11. The molecule has 2 N–H and O–H groups in total. The predicted molar refractivity (Wildman–Crippen MR) is 83.5 cm³/mol. The molecule has 6 heteroatoms. The summed E-state index contributed by atoms with van der Waals surface area (Å²) in [6.07, 6.45) is 0. The summed E-state index contributed by atoms with van der Waals surface area (Å²) in [5.74, 6) is -0.349. The first-order chi connectivity index (χ1) is 9.54. The molecule has 0 bridgehead atoms. The van der Waals surface area contributed by atoms with Crippen LogP contribution in [-0.4, -0.2) is 12.0 Å². The summed E-state index contributed by atoms with van der Waals surface area (Å²) < 4.78 is 14.1. The molecule has 3 nitrogen and oxygen atoms in total. The van der Waals surface area contributed by atoms with Gasteiger partial charge in [-0.05, 0) is 36.4 Å². The quantitative estimate of drug-likeness (QED) is 0.761. The zero-order valence-corrected chi connectivity index (χ0v) is 12.2. The zero-order chi connectivity index (χ0) is 14.3. The number of hydrogen-bond acceptors (Lipinski definition) is 4. The van der Waals surface area contributed by atoms with Gasteiger partial charge in [-0.3, -0.25) is 0 Å². The van der Waals surface area contributed by atoms with Crippen molar-refractivity contribution in [3.05, 3.63) is 47.2 Å². The highest BCUT2D eigenvalue weighted by molar-refractivity contribution is 7.22. The van der Waals surface area contributed by atoms with E-state index in [0.29, 0.717) is 10.2 Å². The Bertz CT molecular complexity index is 787. The third-order valence-electron chi connectivity index (χ3n) is 3.05. The molecule has 0 unspecified atom stereocenters. The van der Waals surface area contributed by atoms with Crippen LogP contribution >= 0.6 is 22.9 Å². The molecule has 3 rings (SSSR count). The summed E-state index contributed by atoms with van der Waals surface area (Å²) in [5.41, 5.74) is 8.25. The minimum atomic E-state index is -0.349. The fourth-order valence-corrected chi connectivity index (χ4v) is 3.09. The Balaban J connectivity index is 2.04. The highest BCUT2D eigenvalue weighted by Crippen LogP contribution is 2.34. The molecule has 0 radical (unpaired) electrons. The van der Waals surface area contributed by atoms with Crippen molar-refractivity contribution in [3.63, 3.8) is 0 Å². The number of hydrogen-bond donors (Lipinski definition) is 1. The van der Waals surface area contributed by atoms with E-state index < -0.39 is 0 Å². The zero-order valence-electron chi connectivity index (χ0n) is 10.6. The summed E-state index contributed by atoms with van der Waals surface area (Å²) in [6.45, 7) is 0. The van der Waals surface area contributed by atoms with Crippen LogP contribution in [0.25, 0.3) is 10.2 Å². The average molecular weight is 308 g/mol. The van der Waals surface area contributed by atoms with E-state index in [0.717, 1.165) is 21.6 Å². The van der Waals surface area contributed by atoms with Crippen LogP contribution in [0.15, 0.2) is 36.4 Å². The molecule has 102 valence electrons. The molecule has 2 aromatic carbocycles. The number of aromatic nitrogens is 1. The van der Waals surface area contributed by atoms with Crippen LogP contribution in [0.1, 0.15) is 0 Å². The molecule has 0 fully saturated rings. The number of nitrogens with zero attached hydrogens (tertiary/aromatic N) is 2. The third kappa shape index (κ3) is 2.30. The minimum Gasteiger partial charge on any atom is -0.375 e. The highest BCUT2D eigenvalue weighted by atomic mass is 35.5. The molecule has 1 aromatic heterocycles. The van der Waals surface area contributed by atoms with Crippen molar-refractivity contribution in [1.29, 1.82) is 0 Å². The lowest BCUT2D eigenvalue weighted by Crippen LogP contribution is -2.09. The molecule has 20 heavy (non-hydrogen) atoms. The van der Waals surface area contributed by atoms with Crippen molar-refractivity contribution < 1.29 is 4.39 Å². The molecule has 0 aliphatic carbocycles. The van der Waals surface area contributed by atoms with Gasteiger partial charge in [-0.15, -0.1) is 0 Å². The summed E-state index contributed by atoms with van der Waals surface area (Å²) in [5, 5.41) is 0.913. The summed E-state index contributed by atoms with van der Waals surface area (Å²) in [7, 11) is 1.88. The SMILES string of the molecule is CN(c1ccc2nc(N)sc2c1)c1ccc(F)cc1Cl. The fourth-order valence-electron chi connectivity index (χ4n) is 2.03. The minimum absolute atomic E-state index is 0.349. The predicted octanol–water partition coefficient (Wildman–Crippen LogP) is 4.44. The Kier molecular flexibility index (Phi) is 3.23. The van der Waals surface area contributed by atoms with E-state index >= 15 is 0 Å². The molecule has 0 spiro atoms. The van der Waals surface area contributed by atoms with Crippen LogP contribution in [0.4, 0.5) is 20.9 Å². The standard InChI is InChI=1S/C14H11ClFN3S/c1-19(12-5-2-8(16)6-10(12)15)9-3-4-11-13(7-9)20-14(17)18-11/h2-7H,1H3,(H2,17,18). The van der Waals surface area contributed by atoms with Gasteiger partial charge in [0, 0.05) is 12.7 Å². The summed E-state index contributed by atoms with van der Waals surface area (Å²) >= 11 is 7.52. The van der Waals surface area contributed by atoms with Crippen LogP contribution < -0.4 is 10.6 Å². The number of benzene rings is 2. The monoisotopic (exact) mass is 307 g/mol. The van der Waals surface area contributed by atoms with E-state index in [1.54, 1.807) is 6.07 Å². The molecule has 0 aliphatic heterocycles. The van der Waals surface area contributed by atoms with Gasteiger partial charge in [0.15, 0.2) is 5.13 Å². The number of fused-ring (bicyclic) bond motifs is 1. The average Bonchev–Trinajstić information content (AvgIpc) is 2.77. The van der Waals surface area contributed by atoms with Crippen LogP contribution in [-0.2, 0) is 0 Å². The van der Waals surface area contributed by atoms with Crippen molar-refractivity contribution in [3.8, 4) is 0 Å². The maximum Gasteiger partial charge on any atom is 0.181 e. The van der Waals surface area contributed by atoms with Gasteiger partial charge >= 0.3 is 0 Å². The van der Waals surface area contributed by atoms with Gasteiger partial charge in [-0.1, -0.05) is 22.9 Å². The van der Waals surface area contributed by atoms with Crippen LogP contribution in [0.2, 0.25) is 5.02 Å². The Labute approximate surface area is 124 Å². The molecule has 1 heterocycles. The third-order valence-corrected chi connectivity index (χ3v) is 4.20. The Morgan fingerprint density at radius 3 is 2.80 bits per heavy atom. The lowest BCUT2D eigenvalue weighted by Gasteiger charge is -2.20. The van der Waals surface area contributed by atoms with Crippen molar-refractivity contribution in [2.45, 2.75) is 0 Å². The smallest absolute Gasteiger partial charge is 0.181 e. The first-order valence-electron chi connectivity index (χ1n) is 5.89. The fraction of sp³-hybridized carbons (Fsp3) is 0.0714. The van der Waals surface area contributed by atoms with Gasteiger partial charge in [-0.2, -0.15) is 0 Å². The van der Waals surface area contributed by atoms with E-state index in [2.05, 4.69) is 4.98 Å². The van der Waals surface area contributed by atoms with E-state index in [1.165, 1.54) is 23.5 Å². The number of rotatable bonds is 2. The second-order valence-corrected chi connectivity index (χ2v) is 5.83. The number of halogens is 2. The van der Waals surface area contributed by atoms with E-state index in [1.807, 2.05) is 30.1 Å². The number of thiazole rings is 1. The molecule has 0 amide bonds. The largest absolute Gasteiger partial charge is 0.375 e. The van der Waals surface area contributed by atoms with Gasteiger partial charge in [0.2, 0.25) is 0 Å². The summed E-state index contributed by atoms with van der Waals surface area (Å²) in [4.78, 5) is 6.12. The Morgan fingerprint density at radius 1 is 1.25 bits per heavy atom. The van der Waals surface area contributed by atoms with E-state index in [4.69, 9.17) is 17.3 Å². The Hall–Kier alpha value is -1.85. The van der Waals surface area contributed by atoms with Gasteiger partial charge in [0.25, 0.3) is 0 Å². The second-order valence-electron chi connectivity index (χ2n) is 4.36. The topological polar surface area (TPSA) is 42.2 Å². The van der Waals surface area contributed by atoms with Crippen molar-refractivity contribution in [2.24, 2.45) is 0 Å². The maximum atomic E-state index is 13.1. The van der Waals surface area contributed by atoms with Crippen LogP contribution in [0.3, 0.4) is 0 Å². The molecule has 0 aliphatic rings. The van der Waals surface area contributed by atoms with E-state index in [9.17, 15) is 4.39 Å². The number of nitrogens with two attached hydrogens (primary N) is 1. The lowest BCUT2D eigenvalue weighted by atomic mass is 10.2. The van der Waals surface area contributed by atoms with Gasteiger partial charge in [0.1, 0.15) is 5.82 Å². The lowest BCUT2D eigenvalue weighted by molar-refractivity contribution is 0.628. The van der Waals surface area contributed by atoms with Crippen molar-refractivity contribution in [1.82, 2.24) is 4.98 Å². The van der Waals surface area contributed by atoms with Crippen molar-refractivity contribution >= 4 is 49.7 Å². The first-order valence-corrected chi connectivity index (χ1v) is 7.09. The molecular formula is C14H11ClFN3S. The molecule has 3 aromatic rings. The van der Waals surface area contributed by atoms with E-state index in [-0.39, 0.29) is 5.82 Å². The van der Waals surface area contributed by atoms with Crippen molar-refractivity contribution in [2.75, 3.05) is 17.7 Å². The number of anilines is 3. The van der Waals surface area contributed by atoms with Crippen LogP contribution in [0.5, 0.6) is 0 Å². The Morgan fingerprint density at radius 2 is 2.05 bits per heavy atom. The molecule has 0 saturated heterocycles. The first kappa shape index (κ1) is 13.1. The van der Waals surface area contributed by atoms with Crippen LogP contribution in [0, 0.1) is 5.82 Å². The maximum absolute atomic E-state index is 13.1. The van der Waals surface area contributed by atoms with Gasteiger partial charge in [-0.25, -0.2) is 9.37 Å². The second kappa shape index (κ2) is 4.92.